The van der Waals surface area contributed by atoms with Gasteiger partial charge in [0.1, 0.15) is 11.2 Å². The van der Waals surface area contributed by atoms with Crippen LogP contribution >= 0.6 is 0 Å². The van der Waals surface area contributed by atoms with E-state index in [1.54, 1.807) is 0 Å². The number of nitrogens with zero attached hydrogens (tertiary/aromatic N) is 2. The molecule has 0 aliphatic rings. The lowest BCUT2D eigenvalue weighted by atomic mass is 9.99. The summed E-state index contributed by atoms with van der Waals surface area (Å²) in [5.74, 6) is 0. The van der Waals surface area contributed by atoms with Crippen LogP contribution in [0.4, 0.5) is 17.1 Å². The van der Waals surface area contributed by atoms with E-state index in [0.717, 1.165) is 66.9 Å². The Balaban J connectivity index is 1.09. The third-order valence-electron chi connectivity index (χ3n) is 9.99. The number of benzene rings is 8. The Morgan fingerprint density at radius 3 is 1.49 bits per heavy atom. The highest BCUT2D eigenvalue weighted by atomic mass is 16.3. The fourth-order valence-corrected chi connectivity index (χ4v) is 7.66. The summed E-state index contributed by atoms with van der Waals surface area (Å²) in [7, 11) is 0. The second-order valence-electron chi connectivity index (χ2n) is 12.9. The van der Waals surface area contributed by atoms with Gasteiger partial charge in [-0.25, -0.2) is 0 Å². The molecular formula is C48H32N2O. The quantitative estimate of drug-likeness (QED) is 0.178. The van der Waals surface area contributed by atoms with Gasteiger partial charge in [-0.15, -0.1) is 0 Å². The predicted molar refractivity (Wildman–Crippen MR) is 214 cm³/mol. The zero-order valence-electron chi connectivity index (χ0n) is 27.8. The summed E-state index contributed by atoms with van der Waals surface area (Å²) in [6, 6.07) is 68.8. The van der Waals surface area contributed by atoms with Gasteiger partial charge in [0.05, 0.1) is 11.0 Å². The molecule has 10 aromatic rings. The lowest BCUT2D eigenvalue weighted by Crippen LogP contribution is -2.09. The van der Waals surface area contributed by atoms with Gasteiger partial charge in [0.15, 0.2) is 0 Å². The van der Waals surface area contributed by atoms with Gasteiger partial charge in [-0.05, 0) is 77.9 Å². The van der Waals surface area contributed by atoms with Crippen molar-refractivity contribution in [3.63, 3.8) is 0 Å². The zero-order chi connectivity index (χ0) is 33.7. The first-order valence-corrected chi connectivity index (χ1v) is 17.4. The molecule has 3 heteroatoms. The Kier molecular flexibility index (Phi) is 6.81. The molecule has 0 N–H and O–H groups in total. The van der Waals surface area contributed by atoms with Crippen molar-refractivity contribution in [1.82, 2.24) is 4.57 Å². The van der Waals surface area contributed by atoms with Crippen LogP contribution in [-0.2, 0) is 0 Å². The van der Waals surface area contributed by atoms with Gasteiger partial charge in [-0.2, -0.15) is 0 Å². The molecule has 10 rings (SSSR count). The van der Waals surface area contributed by atoms with Crippen LogP contribution in [0.15, 0.2) is 199 Å². The fraction of sp³-hybridized carbons (Fsp3) is 0. The van der Waals surface area contributed by atoms with Crippen molar-refractivity contribution in [3.05, 3.63) is 194 Å². The number of para-hydroxylation sites is 6. The molecule has 3 nitrogen and oxygen atoms in total. The second-order valence-corrected chi connectivity index (χ2v) is 12.9. The maximum atomic E-state index is 6.90. The Labute approximate surface area is 295 Å². The topological polar surface area (TPSA) is 21.3 Å². The van der Waals surface area contributed by atoms with Crippen molar-refractivity contribution in [2.75, 3.05) is 4.90 Å². The minimum absolute atomic E-state index is 0.900. The van der Waals surface area contributed by atoms with E-state index in [9.17, 15) is 0 Å². The van der Waals surface area contributed by atoms with Crippen molar-refractivity contribution < 1.29 is 4.42 Å². The lowest BCUT2D eigenvalue weighted by molar-refractivity contribution is 0.671. The van der Waals surface area contributed by atoms with Gasteiger partial charge >= 0.3 is 0 Å². The Morgan fingerprint density at radius 1 is 0.353 bits per heavy atom. The van der Waals surface area contributed by atoms with Crippen LogP contribution in [0.1, 0.15) is 0 Å². The number of anilines is 3. The number of rotatable bonds is 6. The van der Waals surface area contributed by atoms with Crippen molar-refractivity contribution in [1.29, 1.82) is 0 Å². The van der Waals surface area contributed by atoms with Crippen LogP contribution in [0.5, 0.6) is 0 Å². The SMILES string of the molecule is c1ccc(N(c2ccccc2)c2ccc(-c3cccc4c3oc3c(-c5ccc6c(c5)c5ccccc5n6-c5ccccc5)cccc34)cc2)cc1. The van der Waals surface area contributed by atoms with E-state index in [-0.39, 0.29) is 0 Å². The van der Waals surface area contributed by atoms with Crippen molar-refractivity contribution in [3.8, 4) is 27.9 Å². The van der Waals surface area contributed by atoms with Crippen molar-refractivity contribution in [2.45, 2.75) is 0 Å². The van der Waals surface area contributed by atoms with Crippen molar-refractivity contribution in [2.24, 2.45) is 0 Å². The first-order chi connectivity index (χ1) is 25.3. The van der Waals surface area contributed by atoms with E-state index < -0.39 is 0 Å². The van der Waals surface area contributed by atoms with Crippen LogP contribution in [0.3, 0.4) is 0 Å². The molecule has 0 spiro atoms. The fourth-order valence-electron chi connectivity index (χ4n) is 7.66. The van der Waals surface area contributed by atoms with Crippen LogP contribution in [0.2, 0.25) is 0 Å². The molecule has 0 fully saturated rings. The standard InChI is InChI=1S/C48H32N2O/c1-4-14-35(15-5-1)49(36-16-6-2-7-17-36)38-29-26-33(27-30-38)39-21-12-23-42-43-24-13-22-40(48(43)51-47(39)42)34-28-31-46-44(32-34)41-20-10-11-25-45(41)50(46)37-18-8-3-9-19-37/h1-32H. The first kappa shape index (κ1) is 29.1. The van der Waals surface area contributed by atoms with Crippen molar-refractivity contribution >= 4 is 60.8 Å². The van der Waals surface area contributed by atoms with Crippen LogP contribution < -0.4 is 4.90 Å². The van der Waals surface area contributed by atoms with Crippen LogP contribution in [0, 0.1) is 0 Å². The van der Waals surface area contributed by atoms with E-state index in [1.165, 1.54) is 21.8 Å². The molecule has 0 bridgehead atoms. The molecule has 0 unspecified atom stereocenters. The summed E-state index contributed by atoms with van der Waals surface area (Å²) < 4.78 is 9.25. The van der Waals surface area contributed by atoms with E-state index in [4.69, 9.17) is 4.42 Å². The molecule has 0 atom stereocenters. The van der Waals surface area contributed by atoms with Gasteiger partial charge in [-0.1, -0.05) is 127 Å². The molecule has 51 heavy (non-hydrogen) atoms. The Bertz CT molecular complexity index is 2790. The molecule has 240 valence electrons. The molecule has 0 amide bonds. The average Bonchev–Trinajstić information content (AvgIpc) is 3.75. The number of hydrogen-bond acceptors (Lipinski definition) is 2. The smallest absolute Gasteiger partial charge is 0.143 e. The monoisotopic (exact) mass is 652 g/mol. The molecule has 2 aromatic heterocycles. The lowest BCUT2D eigenvalue weighted by Gasteiger charge is -2.25. The van der Waals surface area contributed by atoms with Gasteiger partial charge in [0.25, 0.3) is 0 Å². The summed E-state index contributed by atoms with van der Waals surface area (Å²) in [6.45, 7) is 0. The molecule has 0 saturated heterocycles. The maximum absolute atomic E-state index is 6.90. The minimum atomic E-state index is 0.900. The van der Waals surface area contributed by atoms with E-state index in [1.807, 2.05) is 0 Å². The van der Waals surface area contributed by atoms with Gasteiger partial charge in [-0.3, -0.25) is 0 Å². The number of fused-ring (bicyclic) bond motifs is 6. The maximum Gasteiger partial charge on any atom is 0.143 e. The van der Waals surface area contributed by atoms with Crippen LogP contribution in [0.25, 0.3) is 71.7 Å². The number of hydrogen-bond donors (Lipinski definition) is 0. The first-order valence-electron chi connectivity index (χ1n) is 17.4. The molecule has 8 aromatic carbocycles. The third kappa shape index (κ3) is 4.82. The number of aromatic nitrogens is 1. The third-order valence-corrected chi connectivity index (χ3v) is 9.99. The van der Waals surface area contributed by atoms with E-state index >= 15 is 0 Å². The highest BCUT2D eigenvalue weighted by Crippen LogP contribution is 2.42. The summed E-state index contributed by atoms with van der Waals surface area (Å²) in [5, 5.41) is 4.69. The van der Waals surface area contributed by atoms with Crippen LogP contribution in [-0.4, -0.2) is 4.57 Å². The summed E-state index contributed by atoms with van der Waals surface area (Å²) >= 11 is 0. The second kappa shape index (κ2) is 11.9. The predicted octanol–water partition coefficient (Wildman–Crippen LogP) is 13.5. The van der Waals surface area contributed by atoms with E-state index in [2.05, 4.69) is 204 Å². The van der Waals surface area contributed by atoms with E-state index in [0.29, 0.717) is 0 Å². The van der Waals surface area contributed by atoms with Gasteiger partial charge < -0.3 is 13.9 Å². The minimum Gasteiger partial charge on any atom is -0.455 e. The Hall–Kier alpha value is -6.84. The molecule has 0 aliphatic carbocycles. The molecule has 0 radical (unpaired) electrons. The summed E-state index contributed by atoms with van der Waals surface area (Å²) in [4.78, 5) is 2.28. The highest BCUT2D eigenvalue weighted by Gasteiger charge is 2.19. The molecule has 0 saturated carbocycles. The normalized spacial score (nSPS) is 11.5. The Morgan fingerprint density at radius 2 is 0.843 bits per heavy atom. The summed E-state index contributed by atoms with van der Waals surface area (Å²) in [5.41, 5.74) is 13.1. The van der Waals surface area contributed by atoms with Gasteiger partial charge in [0, 0.05) is 55.4 Å². The van der Waals surface area contributed by atoms with Gasteiger partial charge in [0.2, 0.25) is 0 Å². The molecule has 2 heterocycles. The molecule has 0 aliphatic heterocycles. The summed E-state index contributed by atoms with van der Waals surface area (Å²) in [6.07, 6.45) is 0. The highest BCUT2D eigenvalue weighted by molar-refractivity contribution is 6.15. The zero-order valence-corrected chi connectivity index (χ0v) is 27.8. The largest absolute Gasteiger partial charge is 0.455 e. The average molecular weight is 653 g/mol. The molecular weight excluding hydrogens is 621 g/mol. The number of furan rings is 1.